The molecular formula is C19H8F12N4O2. The summed E-state index contributed by atoms with van der Waals surface area (Å²) < 4.78 is 157. The number of aromatic amines is 1. The quantitative estimate of drug-likeness (QED) is 0.341. The molecule has 0 spiro atoms. The number of alkyl halides is 12. The summed E-state index contributed by atoms with van der Waals surface area (Å²) in [5.41, 5.74) is -14.3. The van der Waals surface area contributed by atoms with Crippen LogP contribution in [0.25, 0.3) is 5.69 Å². The first-order valence-corrected chi connectivity index (χ1v) is 9.30. The van der Waals surface area contributed by atoms with E-state index in [-0.39, 0.29) is 28.9 Å². The molecule has 0 atom stereocenters. The fourth-order valence-electron chi connectivity index (χ4n) is 3.03. The number of carbonyl (C=O) groups excluding carboxylic acids is 1. The van der Waals surface area contributed by atoms with Gasteiger partial charge in [0.05, 0.1) is 5.69 Å². The molecule has 0 saturated heterocycles. The van der Waals surface area contributed by atoms with E-state index < -0.39 is 81.3 Å². The second kappa shape index (κ2) is 8.62. The van der Waals surface area contributed by atoms with Gasteiger partial charge in [-0.25, -0.2) is 14.6 Å². The molecule has 0 aromatic carbocycles. The Balaban J connectivity index is 2.23. The van der Waals surface area contributed by atoms with Crippen LogP contribution in [0.1, 0.15) is 44.4 Å². The Morgan fingerprint density at radius 2 is 1.05 bits per heavy atom. The molecule has 3 aromatic heterocycles. The van der Waals surface area contributed by atoms with E-state index in [1.807, 2.05) is 5.10 Å². The number of rotatable bonds is 3. The van der Waals surface area contributed by atoms with E-state index in [4.69, 9.17) is 0 Å². The molecule has 0 saturated carbocycles. The molecule has 0 fully saturated rings. The van der Waals surface area contributed by atoms with Gasteiger partial charge in [-0.05, 0) is 31.2 Å². The molecule has 0 unspecified atom stereocenters. The fraction of sp³-hybridized carbons (Fsp3) is 0.263. The average molecular weight is 552 g/mol. The summed E-state index contributed by atoms with van der Waals surface area (Å²) in [6, 6.07) is -0.166. The highest BCUT2D eigenvalue weighted by atomic mass is 19.4. The maximum absolute atomic E-state index is 13.1. The van der Waals surface area contributed by atoms with Crippen LogP contribution in [0.15, 0.2) is 29.1 Å². The van der Waals surface area contributed by atoms with Crippen molar-refractivity contribution in [3.05, 3.63) is 74.2 Å². The van der Waals surface area contributed by atoms with Gasteiger partial charge in [0, 0.05) is 11.3 Å². The molecule has 3 rings (SSSR count). The number of ketones is 1. The third-order valence-electron chi connectivity index (χ3n) is 4.62. The van der Waals surface area contributed by atoms with Crippen LogP contribution in [-0.4, -0.2) is 25.5 Å². The first kappa shape index (κ1) is 27.7. The first-order valence-electron chi connectivity index (χ1n) is 9.30. The van der Waals surface area contributed by atoms with Crippen LogP contribution in [0.2, 0.25) is 0 Å². The van der Waals surface area contributed by atoms with E-state index in [1.54, 1.807) is 0 Å². The highest BCUT2D eigenvalue weighted by Gasteiger charge is 2.41. The minimum Gasteiger partial charge on any atom is -0.295 e. The number of aryl methyl sites for hydroxylation is 1. The molecule has 1 N–H and O–H groups in total. The molecule has 18 heteroatoms. The normalized spacial score (nSPS) is 13.2. The number of hydrogen-bond acceptors (Lipinski definition) is 4. The maximum atomic E-state index is 13.1. The van der Waals surface area contributed by atoms with Crippen molar-refractivity contribution in [1.82, 2.24) is 19.7 Å². The Morgan fingerprint density at radius 1 is 0.703 bits per heavy atom. The molecule has 0 aliphatic heterocycles. The molecular weight excluding hydrogens is 544 g/mol. The lowest BCUT2D eigenvalue weighted by molar-refractivity contribution is -0.151. The van der Waals surface area contributed by atoms with Gasteiger partial charge >= 0.3 is 24.7 Å². The molecule has 6 nitrogen and oxygen atoms in total. The Morgan fingerprint density at radius 3 is 1.41 bits per heavy atom. The summed E-state index contributed by atoms with van der Waals surface area (Å²) in [5, 5.41) is 1.99. The van der Waals surface area contributed by atoms with Crippen molar-refractivity contribution in [2.75, 3.05) is 0 Å². The summed E-state index contributed by atoms with van der Waals surface area (Å²) in [7, 11) is 0. The lowest BCUT2D eigenvalue weighted by Crippen LogP contribution is -2.24. The van der Waals surface area contributed by atoms with Crippen molar-refractivity contribution in [3.63, 3.8) is 0 Å². The van der Waals surface area contributed by atoms with Gasteiger partial charge < -0.3 is 0 Å². The van der Waals surface area contributed by atoms with Gasteiger partial charge in [0.15, 0.2) is 0 Å². The van der Waals surface area contributed by atoms with Crippen molar-refractivity contribution in [2.24, 2.45) is 0 Å². The van der Waals surface area contributed by atoms with Gasteiger partial charge in [-0.2, -0.15) is 52.7 Å². The van der Waals surface area contributed by atoms with Gasteiger partial charge in [0.2, 0.25) is 5.78 Å². The lowest BCUT2D eigenvalue weighted by Gasteiger charge is -2.13. The van der Waals surface area contributed by atoms with E-state index in [1.165, 1.54) is 0 Å². The Kier molecular flexibility index (Phi) is 6.46. The Hall–Kier alpha value is -3.86. The second-order valence-corrected chi connectivity index (χ2v) is 7.29. The highest BCUT2D eigenvalue weighted by Crippen LogP contribution is 2.36. The molecule has 0 amide bonds. The highest BCUT2D eigenvalue weighted by molar-refractivity contribution is 6.09. The summed E-state index contributed by atoms with van der Waals surface area (Å²) >= 11 is 0. The summed E-state index contributed by atoms with van der Waals surface area (Å²) in [6.07, 6.45) is -21.7. The van der Waals surface area contributed by atoms with E-state index in [9.17, 15) is 62.3 Å². The topological polar surface area (TPSA) is 80.6 Å². The number of H-pyrrole nitrogens is 1. The second-order valence-electron chi connectivity index (χ2n) is 7.29. The van der Waals surface area contributed by atoms with E-state index in [2.05, 4.69) is 9.97 Å². The molecule has 0 radical (unpaired) electrons. The number of aromatic nitrogens is 4. The molecule has 200 valence electrons. The van der Waals surface area contributed by atoms with Gasteiger partial charge in [0.25, 0.3) is 5.56 Å². The molecule has 0 aliphatic carbocycles. The van der Waals surface area contributed by atoms with Crippen molar-refractivity contribution >= 4 is 5.78 Å². The van der Waals surface area contributed by atoms with Crippen molar-refractivity contribution in [3.8, 4) is 5.69 Å². The lowest BCUT2D eigenvalue weighted by atomic mass is 10.0. The number of nitrogens with one attached hydrogen (secondary N) is 1. The zero-order chi connectivity index (χ0) is 28.3. The van der Waals surface area contributed by atoms with Crippen LogP contribution in [0, 0.1) is 6.92 Å². The van der Waals surface area contributed by atoms with Crippen molar-refractivity contribution < 1.29 is 57.5 Å². The minimum atomic E-state index is -5.46. The standard InChI is InChI=1S/C19H8F12N4O2/c1-6-13(14(36)7-2-9(16(20,21)22)32-10(3-7)17(23,24)25)15(37)35(34-6)8-4-11(18(26,27)28)33-12(5-8)19(29,30)31/h2-5,34H,1H3. The molecule has 3 aromatic rings. The summed E-state index contributed by atoms with van der Waals surface area (Å²) in [5.74, 6) is -1.74. The summed E-state index contributed by atoms with van der Waals surface area (Å²) in [6.45, 7) is 0.887. The van der Waals surface area contributed by atoms with Crippen LogP contribution in [0.3, 0.4) is 0 Å². The van der Waals surface area contributed by atoms with Crippen LogP contribution >= 0.6 is 0 Å². The molecule has 0 aliphatic rings. The molecule has 3 heterocycles. The largest absolute Gasteiger partial charge is 0.433 e. The van der Waals surface area contributed by atoms with Crippen LogP contribution in [-0.2, 0) is 24.7 Å². The SMILES string of the molecule is Cc1[nH]n(-c2cc(C(F)(F)F)nc(C(F)(F)F)c2)c(=O)c1C(=O)c1cc(C(F)(F)F)nc(C(F)(F)F)c1. The molecule has 37 heavy (non-hydrogen) atoms. The monoisotopic (exact) mass is 552 g/mol. The van der Waals surface area contributed by atoms with Gasteiger partial charge in [-0.15, -0.1) is 0 Å². The van der Waals surface area contributed by atoms with Gasteiger partial charge in [0.1, 0.15) is 28.3 Å². The van der Waals surface area contributed by atoms with Crippen LogP contribution < -0.4 is 5.56 Å². The average Bonchev–Trinajstić information content (AvgIpc) is 3.04. The number of pyridine rings is 2. The van der Waals surface area contributed by atoms with Crippen molar-refractivity contribution in [2.45, 2.75) is 31.6 Å². The van der Waals surface area contributed by atoms with Crippen LogP contribution in [0.4, 0.5) is 52.7 Å². The van der Waals surface area contributed by atoms with E-state index in [0.717, 1.165) is 6.92 Å². The van der Waals surface area contributed by atoms with Gasteiger partial charge in [-0.3, -0.25) is 14.7 Å². The summed E-state index contributed by atoms with van der Waals surface area (Å²) in [4.78, 5) is 30.4. The number of nitrogens with zero attached hydrogens (tertiary/aromatic N) is 3. The number of halogens is 12. The fourth-order valence-corrected chi connectivity index (χ4v) is 3.03. The maximum Gasteiger partial charge on any atom is 0.433 e. The van der Waals surface area contributed by atoms with Crippen LogP contribution in [0.5, 0.6) is 0 Å². The third kappa shape index (κ3) is 5.61. The molecule has 0 bridgehead atoms. The Bertz CT molecular complexity index is 1360. The smallest absolute Gasteiger partial charge is 0.295 e. The predicted molar refractivity (Wildman–Crippen MR) is 96.6 cm³/mol. The van der Waals surface area contributed by atoms with E-state index in [0.29, 0.717) is 0 Å². The van der Waals surface area contributed by atoms with Gasteiger partial charge in [-0.1, -0.05) is 0 Å². The first-order chi connectivity index (χ1) is 16.6. The van der Waals surface area contributed by atoms with E-state index >= 15 is 0 Å². The van der Waals surface area contributed by atoms with Crippen molar-refractivity contribution in [1.29, 1.82) is 0 Å². The zero-order valence-electron chi connectivity index (χ0n) is 17.5. The third-order valence-corrected chi connectivity index (χ3v) is 4.62. The minimum absolute atomic E-state index is 0.0107. The number of carbonyl (C=O) groups is 1. The predicted octanol–water partition coefficient (Wildman–Crippen LogP) is 5.57. The number of hydrogen-bond donors (Lipinski definition) is 1. The zero-order valence-corrected chi connectivity index (χ0v) is 17.5. The Labute approximate surface area is 195 Å².